The second-order valence-corrected chi connectivity index (χ2v) is 9.76. The van der Waals surface area contributed by atoms with Crippen molar-refractivity contribution in [1.29, 1.82) is 0 Å². The van der Waals surface area contributed by atoms with Crippen molar-refractivity contribution in [2.24, 2.45) is 5.92 Å². The van der Waals surface area contributed by atoms with Gasteiger partial charge in [-0.05, 0) is 5.04 Å². The molecule has 1 atom stereocenters. The van der Waals surface area contributed by atoms with Gasteiger partial charge in [0.25, 0.3) is 0 Å². The minimum atomic E-state index is 0. The Morgan fingerprint density at radius 3 is 2.47 bits per heavy atom. The molecule has 0 aliphatic heterocycles. The van der Waals surface area contributed by atoms with Crippen molar-refractivity contribution in [3.05, 3.63) is 22.8 Å². The van der Waals surface area contributed by atoms with E-state index in [0.29, 0.717) is 5.04 Å². The fraction of sp³-hybridized carbons (Fsp3) is 0.733. The van der Waals surface area contributed by atoms with Crippen molar-refractivity contribution in [3.8, 4) is 0 Å². The van der Waals surface area contributed by atoms with Crippen LogP contribution >= 0.6 is 0 Å². The van der Waals surface area contributed by atoms with Crippen LogP contribution in [0.2, 0.25) is 11.1 Å². The van der Waals surface area contributed by atoms with E-state index in [-0.39, 0.29) is 31.2 Å². The van der Waals surface area contributed by atoms with Gasteiger partial charge in [0.1, 0.15) is 0 Å². The molecule has 0 saturated carbocycles. The maximum Gasteiger partial charge on any atom is 0.0285 e. The van der Waals surface area contributed by atoms with Crippen molar-refractivity contribution in [3.63, 3.8) is 0 Å². The Morgan fingerprint density at radius 1 is 1.24 bits per heavy atom. The van der Waals surface area contributed by atoms with E-state index in [0.717, 1.165) is 5.92 Å². The number of rotatable bonds is 2. The van der Waals surface area contributed by atoms with Gasteiger partial charge in [-0.1, -0.05) is 65.3 Å². The maximum absolute atomic E-state index is 3.75. The van der Waals surface area contributed by atoms with Crippen LogP contribution in [0.25, 0.3) is 0 Å². The molecule has 0 aromatic rings. The Hall–Kier alpha value is 0.411. The zero-order valence-corrected chi connectivity index (χ0v) is 14.8. The monoisotopic (exact) mass is 281 g/mol. The molecule has 0 heterocycles. The van der Waals surface area contributed by atoms with Crippen molar-refractivity contribution < 1.29 is 21.7 Å². The second kappa shape index (κ2) is 6.04. The molecule has 0 aromatic heterocycles. The predicted molar refractivity (Wildman–Crippen MR) is 74.5 cm³/mol. The van der Waals surface area contributed by atoms with Gasteiger partial charge in [0, 0.05) is 31.2 Å². The summed E-state index contributed by atoms with van der Waals surface area (Å²) < 4.78 is 0. The van der Waals surface area contributed by atoms with Gasteiger partial charge < -0.3 is 0 Å². The van der Waals surface area contributed by atoms with E-state index >= 15 is 0 Å². The molecule has 2 heteroatoms. The van der Waals surface area contributed by atoms with E-state index < -0.39 is 0 Å². The number of hydrogen-bond donors (Lipinski definition) is 0. The van der Waals surface area contributed by atoms with E-state index in [1.165, 1.54) is 31.7 Å². The Balaban J connectivity index is 0.00000144. The van der Waals surface area contributed by atoms with Crippen LogP contribution in [0.5, 0.6) is 0 Å². The third-order valence-corrected chi connectivity index (χ3v) is 6.30. The predicted octanol–water partition coefficient (Wildman–Crippen LogP) is 4.04. The number of allylic oxidation sites excluding steroid dienone is 4. The van der Waals surface area contributed by atoms with Gasteiger partial charge >= 0.3 is 0 Å². The Bertz CT molecular complexity index is 333. The molecule has 94 valence electrons. The van der Waals surface area contributed by atoms with Crippen LogP contribution < -0.4 is 0 Å². The maximum atomic E-state index is 3.75. The minimum absolute atomic E-state index is 0. The first-order valence-corrected chi connectivity index (χ1v) is 8.53. The molecule has 2 aliphatic rings. The van der Waals surface area contributed by atoms with E-state index in [1.807, 2.05) is 0 Å². The second-order valence-electron chi connectivity index (χ2n) is 6.64. The molecular formula is C15H25SiTi-. The average Bonchev–Trinajstić information content (AvgIpc) is 2.53. The molecular weight excluding hydrogens is 256 g/mol. The molecule has 0 radical (unpaired) electrons. The first kappa shape index (κ1) is 15.5. The summed E-state index contributed by atoms with van der Waals surface area (Å²) in [4.78, 5) is 0. The molecule has 1 unspecified atom stereocenters. The van der Waals surface area contributed by atoms with Crippen LogP contribution in [-0.4, -0.2) is 9.52 Å². The van der Waals surface area contributed by atoms with Crippen molar-refractivity contribution >= 4 is 9.52 Å². The van der Waals surface area contributed by atoms with E-state index in [4.69, 9.17) is 0 Å². The summed E-state index contributed by atoms with van der Waals surface area (Å²) >= 11 is 0. The van der Waals surface area contributed by atoms with Gasteiger partial charge in [-0.3, -0.25) is 0 Å². The Kier molecular flexibility index (Phi) is 5.49. The first-order valence-electron chi connectivity index (χ1n) is 6.82. The fourth-order valence-electron chi connectivity index (χ4n) is 2.85. The SMILES string of the molecule is CC1C(C[SiH2]C(C)(C)C)=[C-]C2=C1CCCC2.[Ti]. The van der Waals surface area contributed by atoms with E-state index in [1.54, 1.807) is 16.7 Å². The standard InChI is InChI=1S/C15H25Si.Ti/c1-11-13(10-16-15(2,3)4)9-12-7-5-6-8-14(11)12;/h11H,5-8,10,16H2,1-4H3;/q-1;. The van der Waals surface area contributed by atoms with E-state index in [9.17, 15) is 0 Å². The Labute approximate surface area is 124 Å². The van der Waals surface area contributed by atoms with Gasteiger partial charge in [0.2, 0.25) is 0 Å². The minimum Gasteiger partial charge on any atom is -0.249 e. The van der Waals surface area contributed by atoms with Gasteiger partial charge in [0.15, 0.2) is 0 Å². The quantitative estimate of drug-likeness (QED) is 0.529. The normalized spacial score (nSPS) is 24.9. The zero-order valence-electron chi connectivity index (χ0n) is 11.8. The molecule has 0 saturated heterocycles. The van der Waals surface area contributed by atoms with Crippen molar-refractivity contribution in [2.75, 3.05) is 0 Å². The molecule has 0 spiro atoms. The van der Waals surface area contributed by atoms with Crippen molar-refractivity contribution in [2.45, 2.75) is 64.5 Å². The molecule has 0 fully saturated rings. The Morgan fingerprint density at radius 2 is 1.88 bits per heavy atom. The van der Waals surface area contributed by atoms with Crippen LogP contribution in [0.15, 0.2) is 16.7 Å². The average molecular weight is 281 g/mol. The van der Waals surface area contributed by atoms with Gasteiger partial charge in [-0.2, -0.15) is 5.57 Å². The third kappa shape index (κ3) is 3.94. The molecule has 0 bridgehead atoms. The molecule has 2 rings (SSSR count). The van der Waals surface area contributed by atoms with Crippen LogP contribution in [0.3, 0.4) is 0 Å². The summed E-state index contributed by atoms with van der Waals surface area (Å²) in [6.45, 7) is 9.60. The molecule has 0 aromatic carbocycles. The summed E-state index contributed by atoms with van der Waals surface area (Å²) in [7, 11) is 0.0220. The smallest absolute Gasteiger partial charge is 0.0285 e. The third-order valence-electron chi connectivity index (χ3n) is 4.01. The van der Waals surface area contributed by atoms with Gasteiger partial charge in [0.05, 0.1) is 0 Å². The fourth-order valence-corrected chi connectivity index (χ4v) is 4.43. The van der Waals surface area contributed by atoms with Crippen LogP contribution in [0.1, 0.15) is 53.4 Å². The number of hydrogen-bond acceptors (Lipinski definition) is 0. The van der Waals surface area contributed by atoms with Crippen LogP contribution in [0.4, 0.5) is 0 Å². The summed E-state index contributed by atoms with van der Waals surface area (Å²) in [6.07, 6.45) is 9.21. The van der Waals surface area contributed by atoms with Gasteiger partial charge in [-0.25, -0.2) is 17.2 Å². The van der Waals surface area contributed by atoms with Crippen LogP contribution in [0, 0.1) is 12.0 Å². The molecule has 2 aliphatic carbocycles. The van der Waals surface area contributed by atoms with Crippen molar-refractivity contribution in [1.82, 2.24) is 0 Å². The molecule has 0 nitrogen and oxygen atoms in total. The topological polar surface area (TPSA) is 0 Å². The molecule has 0 amide bonds. The summed E-state index contributed by atoms with van der Waals surface area (Å²) in [5.41, 5.74) is 4.98. The molecule has 17 heavy (non-hydrogen) atoms. The zero-order chi connectivity index (χ0) is 11.8. The van der Waals surface area contributed by atoms with E-state index in [2.05, 4.69) is 33.8 Å². The molecule has 0 N–H and O–H groups in total. The van der Waals surface area contributed by atoms with Crippen LogP contribution in [-0.2, 0) is 21.7 Å². The largest absolute Gasteiger partial charge is 0.249 e. The van der Waals surface area contributed by atoms with Gasteiger partial charge in [-0.15, -0.1) is 0 Å². The summed E-state index contributed by atoms with van der Waals surface area (Å²) in [5.74, 6) is 0.741. The summed E-state index contributed by atoms with van der Waals surface area (Å²) in [5, 5.41) is 0.595. The summed E-state index contributed by atoms with van der Waals surface area (Å²) in [6, 6.07) is 1.39. The first-order chi connectivity index (χ1) is 7.47.